The van der Waals surface area contributed by atoms with E-state index >= 15 is 0 Å². The van der Waals surface area contributed by atoms with E-state index in [0.717, 1.165) is 44.8 Å². The lowest BCUT2D eigenvalue weighted by Crippen LogP contribution is -2.33. The molecule has 8 nitrogen and oxygen atoms in total. The minimum atomic E-state index is -0.373. The molecule has 9 heteroatoms. The number of amides is 1. The summed E-state index contributed by atoms with van der Waals surface area (Å²) in [6.45, 7) is 4.57. The van der Waals surface area contributed by atoms with E-state index in [-0.39, 0.29) is 30.4 Å². The fraction of sp³-hybridized carbons (Fsp3) is 0.200. The first-order valence-electron chi connectivity index (χ1n) is 14.5. The zero-order valence-corrected chi connectivity index (χ0v) is 25.6. The van der Waals surface area contributed by atoms with Gasteiger partial charge >= 0.3 is 5.97 Å². The quantitative estimate of drug-likeness (QED) is 0.156. The molecule has 3 heterocycles. The number of pyridine rings is 1. The summed E-state index contributed by atoms with van der Waals surface area (Å²) in [7, 11) is 1.37. The molecule has 1 amide bonds. The molecule has 2 atom stereocenters. The van der Waals surface area contributed by atoms with Gasteiger partial charge in [0.1, 0.15) is 0 Å². The molecule has 222 valence electrons. The smallest absolute Gasteiger partial charge is 0.337 e. The Hall–Kier alpha value is -5.02. The van der Waals surface area contributed by atoms with Crippen molar-refractivity contribution in [1.82, 2.24) is 19.8 Å². The molecule has 44 heavy (non-hydrogen) atoms. The van der Waals surface area contributed by atoms with E-state index in [0.29, 0.717) is 17.2 Å². The average molecular weight is 604 g/mol. The number of nitrogens with one attached hydrogen (secondary N) is 2. The monoisotopic (exact) mass is 603 g/mol. The van der Waals surface area contributed by atoms with Crippen LogP contribution in [0, 0.1) is 13.8 Å². The molecule has 1 fully saturated rings. The Morgan fingerprint density at radius 1 is 0.977 bits per heavy atom. The van der Waals surface area contributed by atoms with Crippen molar-refractivity contribution in [3.63, 3.8) is 0 Å². The van der Waals surface area contributed by atoms with E-state index < -0.39 is 0 Å². The second-order valence-electron chi connectivity index (χ2n) is 10.8. The zero-order chi connectivity index (χ0) is 30.8. The highest BCUT2D eigenvalue weighted by molar-refractivity contribution is 7.80. The predicted octanol–water partition coefficient (Wildman–Crippen LogP) is 6.43. The number of carbonyl (C=O) groups excluding carboxylic acids is 2. The van der Waals surface area contributed by atoms with Gasteiger partial charge in [0.15, 0.2) is 5.11 Å². The molecule has 1 aliphatic heterocycles. The second kappa shape index (κ2) is 12.3. The summed E-state index contributed by atoms with van der Waals surface area (Å²) in [4.78, 5) is 32.0. The van der Waals surface area contributed by atoms with Crippen LogP contribution in [-0.4, -0.2) is 45.1 Å². The van der Waals surface area contributed by atoms with Crippen LogP contribution in [-0.2, 0) is 9.53 Å². The van der Waals surface area contributed by atoms with Crippen LogP contribution in [0.5, 0.6) is 0 Å². The fourth-order valence-electron chi connectivity index (χ4n) is 6.10. The number of aryl methyl sites for hydroxylation is 1. The first-order valence-corrected chi connectivity index (χ1v) is 14.9. The van der Waals surface area contributed by atoms with Crippen molar-refractivity contribution in [1.29, 1.82) is 0 Å². The number of esters is 1. The first-order chi connectivity index (χ1) is 21.4. The Bertz CT molecular complexity index is 1850. The molecule has 0 spiro atoms. The van der Waals surface area contributed by atoms with Gasteiger partial charge in [0.2, 0.25) is 5.91 Å². The molecule has 1 aliphatic rings. The van der Waals surface area contributed by atoms with Gasteiger partial charge in [-0.05, 0) is 85.5 Å². The van der Waals surface area contributed by atoms with Crippen LogP contribution < -0.4 is 10.6 Å². The van der Waals surface area contributed by atoms with Crippen LogP contribution in [0.2, 0.25) is 0 Å². The lowest BCUT2D eigenvalue weighted by Gasteiger charge is -2.28. The van der Waals surface area contributed by atoms with Gasteiger partial charge in [-0.15, -0.1) is 0 Å². The number of thiocarbonyl (C=S) groups is 1. The Morgan fingerprint density at radius 3 is 2.48 bits per heavy atom. The molecule has 2 N–H and O–H groups in total. The Labute approximate surface area is 261 Å². The number of rotatable bonds is 8. The highest BCUT2D eigenvalue weighted by Crippen LogP contribution is 2.41. The Balaban J connectivity index is 1.30. The van der Waals surface area contributed by atoms with Crippen molar-refractivity contribution < 1.29 is 14.3 Å². The van der Waals surface area contributed by atoms with E-state index in [1.165, 1.54) is 7.11 Å². The fourth-order valence-corrected chi connectivity index (χ4v) is 6.43. The van der Waals surface area contributed by atoms with Crippen LogP contribution in [0.25, 0.3) is 16.5 Å². The van der Waals surface area contributed by atoms with Crippen LogP contribution in [0.3, 0.4) is 0 Å². The Morgan fingerprint density at radius 2 is 1.73 bits per heavy atom. The lowest BCUT2D eigenvalue weighted by atomic mass is 9.96. The molecule has 0 aliphatic carbocycles. The number of nitrogens with zero attached hydrogens (tertiary/aromatic N) is 3. The van der Waals surface area contributed by atoms with Crippen LogP contribution >= 0.6 is 12.2 Å². The van der Waals surface area contributed by atoms with Crippen molar-refractivity contribution in [2.45, 2.75) is 32.4 Å². The van der Waals surface area contributed by atoms with Crippen molar-refractivity contribution >= 4 is 45.7 Å². The van der Waals surface area contributed by atoms with Gasteiger partial charge in [0.05, 0.1) is 30.5 Å². The number of hydrogen-bond acceptors (Lipinski definition) is 5. The highest BCUT2D eigenvalue weighted by Gasteiger charge is 2.41. The van der Waals surface area contributed by atoms with Gasteiger partial charge in [-0.25, -0.2) is 4.79 Å². The standard InChI is InChI=1S/C35H33N5O3S/c1-22-21-28(23(2)40(22)26-16-14-25(15-17-26)34(42)43-3)33-32(30-12-6-7-19-36-30)38-35(44)39(33)20-18-31(41)37-29-13-8-10-24-9-4-5-11-27(24)29/h4-17,19,21,32-33H,18,20H2,1-3H3,(H,37,41)(H,38,44)/t32-,33+/m0/s1. The molecule has 1 saturated heterocycles. The third kappa shape index (κ3) is 5.54. The summed E-state index contributed by atoms with van der Waals surface area (Å²) in [5.41, 5.74) is 6.24. The van der Waals surface area contributed by atoms with Crippen molar-refractivity contribution in [3.8, 4) is 5.69 Å². The van der Waals surface area contributed by atoms with E-state index in [4.69, 9.17) is 17.0 Å². The molecular weight excluding hydrogens is 570 g/mol. The summed E-state index contributed by atoms with van der Waals surface area (Å²) in [6, 6.07) is 28.9. The number of methoxy groups -OCH3 is 1. The SMILES string of the molecule is COC(=O)c1ccc(-n2c(C)cc([C@@H]3[C@H](c4ccccn4)NC(=S)N3CCC(=O)Nc3cccc4ccccc34)c2C)cc1. The van der Waals surface area contributed by atoms with Crippen LogP contribution in [0.4, 0.5) is 5.69 Å². The second-order valence-corrected chi connectivity index (χ2v) is 11.2. The predicted molar refractivity (Wildman–Crippen MR) is 176 cm³/mol. The average Bonchev–Trinajstić information content (AvgIpc) is 3.54. The molecule has 3 aromatic carbocycles. The van der Waals surface area contributed by atoms with Crippen molar-refractivity contribution in [2.75, 3.05) is 19.0 Å². The van der Waals surface area contributed by atoms with Gasteiger partial charge in [0.25, 0.3) is 0 Å². The summed E-state index contributed by atoms with van der Waals surface area (Å²) in [6.07, 6.45) is 2.04. The number of anilines is 1. The number of hydrogen-bond donors (Lipinski definition) is 2. The Kier molecular flexibility index (Phi) is 8.13. The van der Waals surface area contributed by atoms with Gasteiger partial charge in [-0.2, -0.15) is 0 Å². The minimum absolute atomic E-state index is 0.0830. The maximum absolute atomic E-state index is 13.3. The number of benzene rings is 3. The number of fused-ring (bicyclic) bond motifs is 1. The summed E-state index contributed by atoms with van der Waals surface area (Å²) in [5.74, 6) is -0.456. The number of aromatic nitrogens is 2. The van der Waals surface area contributed by atoms with E-state index in [1.807, 2.05) is 72.8 Å². The van der Waals surface area contributed by atoms with Gasteiger partial charge < -0.3 is 24.8 Å². The topological polar surface area (TPSA) is 88.5 Å². The highest BCUT2D eigenvalue weighted by atomic mass is 32.1. The maximum atomic E-state index is 13.3. The molecule has 0 bridgehead atoms. The maximum Gasteiger partial charge on any atom is 0.337 e. The zero-order valence-electron chi connectivity index (χ0n) is 24.8. The molecular formula is C35H33N5O3S. The summed E-state index contributed by atoms with van der Waals surface area (Å²) < 4.78 is 7.03. The van der Waals surface area contributed by atoms with Crippen LogP contribution in [0.15, 0.2) is 97.2 Å². The normalized spacial score (nSPS) is 16.2. The van der Waals surface area contributed by atoms with E-state index in [2.05, 4.69) is 45.0 Å². The molecule has 0 radical (unpaired) electrons. The summed E-state index contributed by atoms with van der Waals surface area (Å²) in [5, 5.41) is 9.25. The third-order valence-corrected chi connectivity index (χ3v) is 8.53. The minimum Gasteiger partial charge on any atom is -0.465 e. The third-order valence-electron chi connectivity index (χ3n) is 8.18. The molecule has 0 unspecified atom stereocenters. The van der Waals surface area contributed by atoms with E-state index in [1.54, 1.807) is 18.3 Å². The summed E-state index contributed by atoms with van der Waals surface area (Å²) >= 11 is 5.87. The molecule has 6 rings (SSSR count). The first kappa shape index (κ1) is 29.1. The molecule has 5 aromatic rings. The molecule has 2 aromatic heterocycles. The number of carbonyl (C=O) groups is 2. The van der Waals surface area contributed by atoms with Gasteiger partial charge in [-0.1, -0.05) is 42.5 Å². The number of ether oxygens (including phenoxy) is 1. The van der Waals surface area contributed by atoms with Crippen molar-refractivity contribution in [2.24, 2.45) is 0 Å². The van der Waals surface area contributed by atoms with Gasteiger partial charge in [0, 0.05) is 47.3 Å². The largest absolute Gasteiger partial charge is 0.465 e. The van der Waals surface area contributed by atoms with Gasteiger partial charge in [-0.3, -0.25) is 9.78 Å². The van der Waals surface area contributed by atoms with Crippen molar-refractivity contribution in [3.05, 3.63) is 125 Å². The van der Waals surface area contributed by atoms with E-state index in [9.17, 15) is 9.59 Å². The molecule has 0 saturated carbocycles. The lowest BCUT2D eigenvalue weighted by molar-refractivity contribution is -0.116. The van der Waals surface area contributed by atoms with Crippen LogP contribution in [0.1, 0.15) is 51.5 Å².